The average molecular weight is 745 g/mol. The Bertz CT molecular complexity index is 1050. The van der Waals surface area contributed by atoms with Crippen molar-refractivity contribution in [2.75, 3.05) is 41.0 Å². The van der Waals surface area contributed by atoms with Gasteiger partial charge in [0.05, 0.1) is 34.4 Å². The van der Waals surface area contributed by atoms with Gasteiger partial charge in [-0.3, -0.25) is 9.59 Å². The third-order valence-electron chi connectivity index (χ3n) is 9.03. The van der Waals surface area contributed by atoms with Gasteiger partial charge >= 0.3 is 17.9 Å². The molecule has 0 saturated carbocycles. The largest absolute Gasteiger partial charge is 0.477 e. The molecule has 53 heavy (non-hydrogen) atoms. The van der Waals surface area contributed by atoms with Crippen LogP contribution in [0.1, 0.15) is 155 Å². The summed E-state index contributed by atoms with van der Waals surface area (Å²) in [5, 5.41) is 9.60. The normalized spacial score (nSPS) is 13.6. The number of unbranched alkanes of at least 4 members (excludes halogenated alkanes) is 16. The Kier molecular flexibility index (Phi) is 34.0. The van der Waals surface area contributed by atoms with Gasteiger partial charge < -0.3 is 23.8 Å². The number of aliphatic carboxylic acids is 1. The van der Waals surface area contributed by atoms with Crippen LogP contribution in [0.2, 0.25) is 0 Å². The lowest BCUT2D eigenvalue weighted by atomic mass is 10.1. The third-order valence-corrected chi connectivity index (χ3v) is 9.03. The SMILES string of the molecule is CCC/C=C/C=C/C=C/C=C/C=C/CCCCCCCC(=O)OC(COCCC(C(=O)O)[N+](C)(C)C)COC(=O)CCCCCCCCCCCCC. The van der Waals surface area contributed by atoms with Crippen LogP contribution in [0, 0.1) is 0 Å². The molecule has 0 aliphatic heterocycles. The molecule has 0 rings (SSSR count). The monoisotopic (exact) mass is 745 g/mol. The van der Waals surface area contributed by atoms with Gasteiger partial charge in [0.15, 0.2) is 12.1 Å². The third kappa shape index (κ3) is 34.5. The second kappa shape index (κ2) is 36.0. The molecule has 0 aromatic carbocycles. The Labute approximate surface area is 324 Å². The van der Waals surface area contributed by atoms with Crippen molar-refractivity contribution >= 4 is 17.9 Å². The van der Waals surface area contributed by atoms with Crippen molar-refractivity contribution in [1.82, 2.24) is 0 Å². The summed E-state index contributed by atoms with van der Waals surface area (Å²) in [7, 11) is 5.51. The number of carbonyl (C=O) groups is 3. The van der Waals surface area contributed by atoms with Crippen molar-refractivity contribution in [2.45, 2.75) is 167 Å². The molecule has 0 heterocycles. The topological polar surface area (TPSA) is 99.1 Å². The second-order valence-corrected chi connectivity index (χ2v) is 15.0. The maximum atomic E-state index is 12.7. The van der Waals surface area contributed by atoms with Gasteiger partial charge in [-0.15, -0.1) is 0 Å². The Morgan fingerprint density at radius 2 is 1.04 bits per heavy atom. The van der Waals surface area contributed by atoms with E-state index in [0.29, 0.717) is 19.3 Å². The molecule has 0 aromatic heterocycles. The van der Waals surface area contributed by atoms with E-state index < -0.39 is 18.1 Å². The quantitative estimate of drug-likeness (QED) is 0.0295. The predicted molar refractivity (Wildman–Crippen MR) is 220 cm³/mol. The van der Waals surface area contributed by atoms with E-state index >= 15 is 0 Å². The highest BCUT2D eigenvalue weighted by molar-refractivity contribution is 5.72. The Morgan fingerprint density at radius 3 is 1.55 bits per heavy atom. The number of rotatable bonds is 36. The van der Waals surface area contributed by atoms with Gasteiger partial charge in [0, 0.05) is 19.3 Å². The van der Waals surface area contributed by atoms with Crippen LogP contribution in [-0.2, 0) is 28.6 Å². The number of hydrogen-bond acceptors (Lipinski definition) is 6. The zero-order chi connectivity index (χ0) is 39.3. The van der Waals surface area contributed by atoms with Crippen molar-refractivity contribution in [3.8, 4) is 0 Å². The lowest BCUT2D eigenvalue weighted by Crippen LogP contribution is -2.50. The predicted octanol–water partition coefficient (Wildman–Crippen LogP) is 11.0. The van der Waals surface area contributed by atoms with Crippen LogP contribution in [0.25, 0.3) is 0 Å². The summed E-state index contributed by atoms with van der Waals surface area (Å²) in [4.78, 5) is 36.9. The van der Waals surface area contributed by atoms with Crippen molar-refractivity contribution in [1.29, 1.82) is 0 Å². The first-order chi connectivity index (χ1) is 25.6. The fourth-order valence-electron chi connectivity index (χ4n) is 5.77. The van der Waals surface area contributed by atoms with Crippen LogP contribution >= 0.6 is 0 Å². The van der Waals surface area contributed by atoms with Crippen LogP contribution in [0.15, 0.2) is 60.8 Å². The zero-order valence-corrected chi connectivity index (χ0v) is 34.4. The minimum absolute atomic E-state index is 0.0493. The molecule has 0 aliphatic rings. The van der Waals surface area contributed by atoms with E-state index in [1.54, 1.807) is 0 Å². The molecular weight excluding hydrogens is 666 g/mol. The number of esters is 2. The molecule has 0 aromatic rings. The smallest absolute Gasteiger partial charge is 0.362 e. The van der Waals surface area contributed by atoms with Crippen LogP contribution in [0.5, 0.6) is 0 Å². The number of carbonyl (C=O) groups excluding carboxylic acids is 2. The standard InChI is InChI=1S/C45H77NO7/c1-6-8-10-12-14-16-18-19-20-21-22-23-24-26-28-30-32-34-36-44(48)53-41(39-51-38-37-42(45(49)50)46(3,4)5)40-52-43(47)35-33-31-29-27-25-17-15-13-11-9-7-2/h10,12,14,16,18-23,41-42H,6-9,11,13,15,17,24-40H2,1-5H3/p+1/b12-10+,16-14+,19-18+,21-20+,23-22+. The first-order valence-electron chi connectivity index (χ1n) is 20.9. The van der Waals surface area contributed by atoms with Gasteiger partial charge in [-0.05, 0) is 32.1 Å². The number of allylic oxidation sites excluding steroid dienone is 10. The van der Waals surface area contributed by atoms with Gasteiger partial charge in [0.2, 0.25) is 0 Å². The molecule has 0 aliphatic carbocycles. The number of nitrogens with zero attached hydrogens (tertiary/aromatic N) is 1. The first-order valence-corrected chi connectivity index (χ1v) is 20.9. The molecule has 8 nitrogen and oxygen atoms in total. The second-order valence-electron chi connectivity index (χ2n) is 15.0. The molecule has 304 valence electrons. The molecule has 0 spiro atoms. The lowest BCUT2D eigenvalue weighted by Gasteiger charge is -2.31. The number of ether oxygens (including phenoxy) is 3. The fourth-order valence-corrected chi connectivity index (χ4v) is 5.77. The maximum Gasteiger partial charge on any atom is 0.362 e. The van der Waals surface area contributed by atoms with E-state index in [0.717, 1.165) is 64.2 Å². The van der Waals surface area contributed by atoms with E-state index in [9.17, 15) is 19.5 Å². The van der Waals surface area contributed by atoms with Crippen LogP contribution in [0.4, 0.5) is 0 Å². The molecule has 0 radical (unpaired) electrons. The van der Waals surface area contributed by atoms with Crippen molar-refractivity contribution in [3.63, 3.8) is 0 Å². The Balaban J connectivity index is 4.44. The number of quaternary nitrogens is 1. The molecule has 1 N–H and O–H groups in total. The highest BCUT2D eigenvalue weighted by Gasteiger charge is 2.31. The molecule has 0 bridgehead atoms. The summed E-state index contributed by atoms with van der Waals surface area (Å²) < 4.78 is 17.2. The Morgan fingerprint density at radius 1 is 0.566 bits per heavy atom. The molecule has 0 saturated heterocycles. The highest BCUT2D eigenvalue weighted by Crippen LogP contribution is 2.14. The van der Waals surface area contributed by atoms with Crippen molar-refractivity contribution < 1.29 is 38.2 Å². The van der Waals surface area contributed by atoms with E-state index in [4.69, 9.17) is 14.2 Å². The number of hydrogen-bond donors (Lipinski definition) is 1. The fraction of sp³-hybridized carbons (Fsp3) is 0.711. The zero-order valence-electron chi connectivity index (χ0n) is 34.4. The van der Waals surface area contributed by atoms with Crippen LogP contribution in [0.3, 0.4) is 0 Å². The van der Waals surface area contributed by atoms with Crippen LogP contribution < -0.4 is 0 Å². The van der Waals surface area contributed by atoms with Gasteiger partial charge in [-0.2, -0.15) is 0 Å². The van der Waals surface area contributed by atoms with Gasteiger partial charge in [0.25, 0.3) is 0 Å². The van der Waals surface area contributed by atoms with Crippen LogP contribution in [-0.4, -0.2) is 80.6 Å². The lowest BCUT2D eigenvalue weighted by molar-refractivity contribution is -0.887. The number of carboxylic acids is 1. The molecular formula is C45H78NO7+. The summed E-state index contributed by atoms with van der Waals surface area (Å²) >= 11 is 0. The summed E-state index contributed by atoms with van der Waals surface area (Å²) in [5.41, 5.74) is 0. The average Bonchev–Trinajstić information content (AvgIpc) is 3.11. The molecule has 2 atom stereocenters. The molecule has 8 heteroatoms. The summed E-state index contributed by atoms with van der Waals surface area (Å²) in [5.74, 6) is -1.51. The maximum absolute atomic E-state index is 12.7. The summed E-state index contributed by atoms with van der Waals surface area (Å²) in [6, 6.07) is -0.620. The van der Waals surface area contributed by atoms with E-state index in [1.165, 1.54) is 57.8 Å². The van der Waals surface area contributed by atoms with E-state index in [-0.39, 0.29) is 36.2 Å². The summed E-state index contributed by atoms with van der Waals surface area (Å²) in [6.45, 7) is 4.60. The minimum atomic E-state index is -0.882. The molecule has 0 fully saturated rings. The highest BCUT2D eigenvalue weighted by atomic mass is 16.6. The van der Waals surface area contributed by atoms with Gasteiger partial charge in [0.1, 0.15) is 6.61 Å². The van der Waals surface area contributed by atoms with E-state index in [2.05, 4.69) is 38.2 Å². The van der Waals surface area contributed by atoms with Crippen molar-refractivity contribution in [3.05, 3.63) is 60.8 Å². The Hall–Kier alpha value is -2.97. The van der Waals surface area contributed by atoms with E-state index in [1.807, 2.05) is 57.6 Å². The first kappa shape index (κ1) is 50.0. The minimum Gasteiger partial charge on any atom is -0.477 e. The number of likely N-dealkylation sites (N-methyl/N-ethyl adjacent to an activating group) is 1. The number of carboxylic acid groups (broad SMARTS) is 1. The van der Waals surface area contributed by atoms with Gasteiger partial charge in [-0.25, -0.2) is 4.79 Å². The molecule has 2 unspecified atom stereocenters. The van der Waals surface area contributed by atoms with Crippen molar-refractivity contribution in [2.24, 2.45) is 0 Å². The summed E-state index contributed by atoms with van der Waals surface area (Å²) in [6.07, 6.45) is 42.5. The van der Waals surface area contributed by atoms with Gasteiger partial charge in [-0.1, -0.05) is 164 Å². The molecule has 0 amide bonds.